The molecular formula is C25H18N2O4S2. The molecule has 0 aliphatic carbocycles. The van der Waals surface area contributed by atoms with E-state index in [1.807, 2.05) is 41.8 Å². The van der Waals surface area contributed by atoms with E-state index in [4.69, 9.17) is 4.42 Å². The fourth-order valence-corrected chi connectivity index (χ4v) is 5.62. The number of hydrogen-bond acceptors (Lipinski definition) is 6. The third-order valence-corrected chi connectivity index (χ3v) is 7.61. The van der Waals surface area contributed by atoms with E-state index in [0.29, 0.717) is 10.7 Å². The molecule has 0 saturated heterocycles. The number of nitrogens with zero attached hydrogens (tertiary/aromatic N) is 1. The van der Waals surface area contributed by atoms with Crippen LogP contribution in [0.1, 0.15) is 16.1 Å². The second-order valence-electron chi connectivity index (χ2n) is 7.40. The van der Waals surface area contributed by atoms with Crippen LogP contribution in [0.3, 0.4) is 0 Å². The van der Waals surface area contributed by atoms with Gasteiger partial charge in [0.05, 0.1) is 22.6 Å². The van der Waals surface area contributed by atoms with Gasteiger partial charge in [-0.3, -0.25) is 10.1 Å². The van der Waals surface area contributed by atoms with Crippen molar-refractivity contribution in [1.82, 2.24) is 4.98 Å². The van der Waals surface area contributed by atoms with E-state index in [1.165, 1.54) is 35.8 Å². The molecule has 1 amide bonds. The Morgan fingerprint density at radius 3 is 2.52 bits per heavy atom. The molecule has 0 spiro atoms. The maximum atomic E-state index is 12.8. The SMILES string of the molecule is O=C(Nc1nc(-c2ccc3ccccc3c2)cs1)c1occc1CS(=O)(=O)c1ccccc1. The van der Waals surface area contributed by atoms with Crippen LogP contribution >= 0.6 is 11.3 Å². The van der Waals surface area contributed by atoms with E-state index in [9.17, 15) is 13.2 Å². The summed E-state index contributed by atoms with van der Waals surface area (Å²) in [5.41, 5.74) is 1.98. The third-order valence-electron chi connectivity index (χ3n) is 5.17. The molecule has 2 aromatic heterocycles. The molecule has 0 radical (unpaired) electrons. The summed E-state index contributed by atoms with van der Waals surface area (Å²) in [6.45, 7) is 0. The van der Waals surface area contributed by atoms with Crippen molar-refractivity contribution >= 4 is 43.0 Å². The number of fused-ring (bicyclic) bond motifs is 1. The molecule has 0 unspecified atom stereocenters. The molecule has 5 rings (SSSR count). The van der Waals surface area contributed by atoms with Crippen molar-refractivity contribution in [2.24, 2.45) is 0 Å². The average Bonchev–Trinajstić information content (AvgIpc) is 3.49. The van der Waals surface area contributed by atoms with E-state index in [-0.39, 0.29) is 16.4 Å². The minimum absolute atomic E-state index is 0.0445. The van der Waals surface area contributed by atoms with Crippen LogP contribution in [0.4, 0.5) is 5.13 Å². The minimum atomic E-state index is -3.62. The molecule has 164 valence electrons. The average molecular weight is 475 g/mol. The van der Waals surface area contributed by atoms with Crippen LogP contribution in [-0.4, -0.2) is 19.3 Å². The van der Waals surface area contributed by atoms with Gasteiger partial charge in [0.2, 0.25) is 0 Å². The lowest BCUT2D eigenvalue weighted by molar-refractivity contribution is 0.0995. The second-order valence-corrected chi connectivity index (χ2v) is 10.2. The van der Waals surface area contributed by atoms with Gasteiger partial charge in [-0.1, -0.05) is 54.6 Å². The van der Waals surface area contributed by atoms with Gasteiger partial charge in [-0.25, -0.2) is 13.4 Å². The van der Waals surface area contributed by atoms with Crippen molar-refractivity contribution in [3.8, 4) is 11.3 Å². The number of nitrogens with one attached hydrogen (secondary N) is 1. The number of rotatable bonds is 6. The Kier molecular flexibility index (Phi) is 5.53. The van der Waals surface area contributed by atoms with Gasteiger partial charge in [-0.05, 0) is 35.0 Å². The minimum Gasteiger partial charge on any atom is -0.459 e. The van der Waals surface area contributed by atoms with Crippen LogP contribution in [0, 0.1) is 0 Å². The van der Waals surface area contributed by atoms with E-state index in [0.717, 1.165) is 22.0 Å². The molecule has 6 nitrogen and oxygen atoms in total. The van der Waals surface area contributed by atoms with Crippen molar-refractivity contribution in [3.63, 3.8) is 0 Å². The van der Waals surface area contributed by atoms with Crippen LogP contribution < -0.4 is 5.32 Å². The molecule has 5 aromatic rings. The molecule has 2 heterocycles. The van der Waals surface area contributed by atoms with Crippen LogP contribution in [0.25, 0.3) is 22.0 Å². The Morgan fingerprint density at radius 2 is 1.70 bits per heavy atom. The number of hydrogen-bond donors (Lipinski definition) is 1. The second kappa shape index (κ2) is 8.65. The molecule has 1 N–H and O–H groups in total. The Bertz CT molecular complexity index is 1550. The number of benzene rings is 3. The number of anilines is 1. The van der Waals surface area contributed by atoms with Gasteiger partial charge < -0.3 is 4.42 Å². The van der Waals surface area contributed by atoms with Crippen molar-refractivity contribution in [2.45, 2.75) is 10.6 Å². The van der Waals surface area contributed by atoms with Gasteiger partial charge in [0.15, 0.2) is 20.7 Å². The summed E-state index contributed by atoms with van der Waals surface area (Å²) in [5, 5.41) is 7.23. The largest absolute Gasteiger partial charge is 0.459 e. The highest BCUT2D eigenvalue weighted by atomic mass is 32.2. The standard InChI is InChI=1S/C25H18N2O4S2/c28-24(23-20(12-13-31-23)16-33(29,30)21-8-2-1-3-9-21)27-25-26-22(15-32-25)19-11-10-17-6-4-5-7-18(17)14-19/h1-15H,16H2,(H,26,27,28). The highest BCUT2D eigenvalue weighted by Crippen LogP contribution is 2.28. The topological polar surface area (TPSA) is 89.3 Å². The Hall–Kier alpha value is -3.75. The number of furan rings is 1. The van der Waals surface area contributed by atoms with E-state index in [2.05, 4.69) is 16.4 Å². The zero-order valence-corrected chi connectivity index (χ0v) is 18.9. The Balaban J connectivity index is 1.34. The van der Waals surface area contributed by atoms with E-state index >= 15 is 0 Å². The van der Waals surface area contributed by atoms with Crippen molar-refractivity contribution in [2.75, 3.05) is 5.32 Å². The maximum absolute atomic E-state index is 12.8. The summed E-state index contributed by atoms with van der Waals surface area (Å²) >= 11 is 1.29. The first-order valence-electron chi connectivity index (χ1n) is 10.1. The molecule has 0 aliphatic heterocycles. The molecule has 8 heteroatoms. The smallest absolute Gasteiger partial charge is 0.293 e. The lowest BCUT2D eigenvalue weighted by atomic mass is 10.1. The zero-order valence-electron chi connectivity index (χ0n) is 17.3. The molecule has 0 bridgehead atoms. The third kappa shape index (κ3) is 4.44. The number of carbonyl (C=O) groups excluding carboxylic acids is 1. The summed E-state index contributed by atoms with van der Waals surface area (Å²) < 4.78 is 30.7. The maximum Gasteiger partial charge on any atom is 0.293 e. The number of sulfone groups is 1. The number of aromatic nitrogens is 1. The molecule has 0 aliphatic rings. The monoisotopic (exact) mass is 474 g/mol. The highest BCUT2D eigenvalue weighted by Gasteiger charge is 2.23. The van der Waals surface area contributed by atoms with Gasteiger partial charge in [-0.2, -0.15) is 0 Å². The normalized spacial score (nSPS) is 11.5. The van der Waals surface area contributed by atoms with Crippen LogP contribution in [0.2, 0.25) is 0 Å². The summed E-state index contributed by atoms with van der Waals surface area (Å²) in [6, 6.07) is 23.7. The van der Waals surface area contributed by atoms with Gasteiger partial charge in [0.25, 0.3) is 5.91 Å². The highest BCUT2D eigenvalue weighted by molar-refractivity contribution is 7.90. The van der Waals surface area contributed by atoms with Crippen molar-refractivity contribution < 1.29 is 17.6 Å². The van der Waals surface area contributed by atoms with Crippen molar-refractivity contribution in [1.29, 1.82) is 0 Å². The summed E-state index contributed by atoms with van der Waals surface area (Å²) in [4.78, 5) is 17.5. The summed E-state index contributed by atoms with van der Waals surface area (Å²) in [6.07, 6.45) is 1.31. The summed E-state index contributed by atoms with van der Waals surface area (Å²) in [7, 11) is -3.62. The molecule has 0 fully saturated rings. The molecular weight excluding hydrogens is 456 g/mol. The summed E-state index contributed by atoms with van der Waals surface area (Å²) in [5.74, 6) is -0.925. The molecule has 3 aromatic carbocycles. The number of amides is 1. The van der Waals surface area contributed by atoms with Crippen LogP contribution in [0.5, 0.6) is 0 Å². The fourth-order valence-electron chi connectivity index (χ4n) is 3.53. The van der Waals surface area contributed by atoms with Gasteiger partial charge in [0, 0.05) is 16.5 Å². The first kappa shape index (κ1) is 21.1. The fraction of sp³-hybridized carbons (Fsp3) is 0.0400. The van der Waals surface area contributed by atoms with Crippen LogP contribution in [0.15, 0.2) is 99.8 Å². The molecule has 0 saturated carbocycles. The molecule has 0 atom stereocenters. The van der Waals surface area contributed by atoms with Crippen molar-refractivity contribution in [3.05, 3.63) is 102 Å². The molecule has 33 heavy (non-hydrogen) atoms. The first-order valence-corrected chi connectivity index (χ1v) is 12.6. The first-order chi connectivity index (χ1) is 16.0. The lowest BCUT2D eigenvalue weighted by Gasteiger charge is -2.05. The van der Waals surface area contributed by atoms with Crippen LogP contribution in [-0.2, 0) is 15.6 Å². The zero-order chi connectivity index (χ0) is 22.8. The van der Waals surface area contributed by atoms with Gasteiger partial charge >= 0.3 is 0 Å². The predicted molar refractivity (Wildman–Crippen MR) is 129 cm³/mol. The number of thiazole rings is 1. The quantitative estimate of drug-likeness (QED) is 0.337. The Morgan fingerprint density at radius 1 is 0.939 bits per heavy atom. The number of carbonyl (C=O) groups is 1. The van der Waals surface area contributed by atoms with E-state index < -0.39 is 15.7 Å². The van der Waals surface area contributed by atoms with Gasteiger partial charge in [0.1, 0.15) is 0 Å². The lowest BCUT2D eigenvalue weighted by Crippen LogP contribution is -2.14. The van der Waals surface area contributed by atoms with E-state index in [1.54, 1.807) is 18.2 Å². The Labute approximate surface area is 194 Å². The predicted octanol–water partition coefficient (Wildman–Crippen LogP) is 5.78. The van der Waals surface area contributed by atoms with Gasteiger partial charge in [-0.15, -0.1) is 11.3 Å².